The third-order valence-corrected chi connectivity index (χ3v) is 8.43. The summed E-state index contributed by atoms with van der Waals surface area (Å²) in [7, 11) is -1.07. The van der Waals surface area contributed by atoms with Crippen LogP contribution in [0.15, 0.2) is 77.7 Å². The molecule has 2 amide bonds. The molecule has 0 aliphatic carbocycles. The Bertz CT molecular complexity index is 1450. The van der Waals surface area contributed by atoms with Gasteiger partial charge in [-0.3, -0.25) is 13.9 Å². The van der Waals surface area contributed by atoms with E-state index in [1.165, 1.54) is 24.1 Å². The lowest BCUT2D eigenvalue weighted by Crippen LogP contribution is -2.55. The van der Waals surface area contributed by atoms with E-state index < -0.39 is 34.1 Å². The van der Waals surface area contributed by atoms with E-state index >= 15 is 0 Å². The first-order valence-corrected chi connectivity index (χ1v) is 15.2. The molecule has 3 aromatic rings. The summed E-state index contributed by atoms with van der Waals surface area (Å²) in [5, 5.41) is 2.97. The van der Waals surface area contributed by atoms with Crippen LogP contribution < -0.4 is 19.1 Å². The summed E-state index contributed by atoms with van der Waals surface area (Å²) in [4.78, 5) is 29.1. The first-order chi connectivity index (χ1) is 19.8. The maximum Gasteiger partial charge on any atom is 0.264 e. The standard InChI is InChI=1S/C32H41N3O6S/c1-8-29(31(37)33-32(3,4)5)34(21-24-11-15-26(40-6)16-12-24)30(36)22-35(25-13-17-27(41-7)18-14-25)42(38,39)28-19-9-23(2)10-20-28/h9-20,29H,8,21-22H2,1-7H3,(H,33,37)/t29-/m0/s1. The van der Waals surface area contributed by atoms with Crippen LogP contribution in [0, 0.1) is 6.92 Å². The zero-order valence-electron chi connectivity index (χ0n) is 25.4. The Hall–Kier alpha value is -4.05. The van der Waals surface area contributed by atoms with Crippen molar-refractivity contribution in [3.8, 4) is 11.5 Å². The lowest BCUT2D eigenvalue weighted by Gasteiger charge is -2.34. The number of rotatable bonds is 12. The van der Waals surface area contributed by atoms with Gasteiger partial charge in [0.2, 0.25) is 11.8 Å². The van der Waals surface area contributed by atoms with E-state index in [4.69, 9.17) is 9.47 Å². The molecule has 0 aromatic heterocycles. The third-order valence-electron chi connectivity index (χ3n) is 6.64. The molecule has 226 valence electrons. The first-order valence-electron chi connectivity index (χ1n) is 13.8. The van der Waals surface area contributed by atoms with Gasteiger partial charge in [-0.05, 0) is 88.2 Å². The van der Waals surface area contributed by atoms with Crippen molar-refractivity contribution in [1.29, 1.82) is 0 Å². The molecule has 1 atom stereocenters. The topological polar surface area (TPSA) is 105 Å². The Morgan fingerprint density at radius 1 is 0.857 bits per heavy atom. The third kappa shape index (κ3) is 8.25. The number of benzene rings is 3. The van der Waals surface area contributed by atoms with Crippen LogP contribution in [0.3, 0.4) is 0 Å². The van der Waals surface area contributed by atoms with Gasteiger partial charge in [-0.25, -0.2) is 8.42 Å². The van der Waals surface area contributed by atoms with Crippen molar-refractivity contribution in [2.24, 2.45) is 0 Å². The van der Waals surface area contributed by atoms with Gasteiger partial charge in [0, 0.05) is 12.1 Å². The van der Waals surface area contributed by atoms with Crippen LogP contribution in [0.25, 0.3) is 0 Å². The monoisotopic (exact) mass is 595 g/mol. The molecule has 3 aromatic carbocycles. The van der Waals surface area contributed by atoms with Gasteiger partial charge in [0.05, 0.1) is 24.8 Å². The summed E-state index contributed by atoms with van der Waals surface area (Å²) in [5.74, 6) is 0.366. The average Bonchev–Trinajstić information content (AvgIpc) is 2.95. The number of carbonyl (C=O) groups is 2. The number of amides is 2. The average molecular weight is 596 g/mol. The summed E-state index contributed by atoms with van der Waals surface area (Å²) >= 11 is 0. The van der Waals surface area contributed by atoms with Crippen LogP contribution >= 0.6 is 0 Å². The minimum Gasteiger partial charge on any atom is -0.497 e. The largest absolute Gasteiger partial charge is 0.497 e. The van der Waals surface area contributed by atoms with Gasteiger partial charge in [-0.15, -0.1) is 0 Å². The van der Waals surface area contributed by atoms with E-state index in [-0.39, 0.29) is 17.3 Å². The fraction of sp³-hybridized carbons (Fsp3) is 0.375. The molecule has 0 saturated heterocycles. The number of nitrogens with one attached hydrogen (secondary N) is 1. The molecule has 0 aliphatic rings. The van der Waals surface area contributed by atoms with E-state index in [0.717, 1.165) is 15.4 Å². The molecule has 1 N–H and O–H groups in total. The highest BCUT2D eigenvalue weighted by Gasteiger charge is 2.34. The zero-order valence-corrected chi connectivity index (χ0v) is 26.2. The molecular weight excluding hydrogens is 554 g/mol. The van der Waals surface area contributed by atoms with Crippen molar-refractivity contribution >= 4 is 27.5 Å². The number of methoxy groups -OCH3 is 2. The zero-order chi connectivity index (χ0) is 31.1. The molecule has 42 heavy (non-hydrogen) atoms. The Balaban J connectivity index is 2.07. The van der Waals surface area contributed by atoms with Gasteiger partial charge in [0.25, 0.3) is 10.0 Å². The number of hydrogen-bond donors (Lipinski definition) is 1. The fourth-order valence-corrected chi connectivity index (χ4v) is 5.83. The van der Waals surface area contributed by atoms with Crippen LogP contribution in [0.2, 0.25) is 0 Å². The molecule has 0 fully saturated rings. The molecule has 0 spiro atoms. The summed E-state index contributed by atoms with van der Waals surface area (Å²) in [6.45, 7) is 8.88. The summed E-state index contributed by atoms with van der Waals surface area (Å²) in [6, 6.07) is 19.3. The molecule has 0 saturated carbocycles. The molecule has 3 rings (SSSR count). The second-order valence-corrected chi connectivity index (χ2v) is 12.9. The Morgan fingerprint density at radius 3 is 1.86 bits per heavy atom. The van der Waals surface area contributed by atoms with Crippen molar-refractivity contribution in [2.45, 2.75) is 64.1 Å². The summed E-state index contributed by atoms with van der Waals surface area (Å²) in [6.07, 6.45) is 0.330. The number of aryl methyl sites for hydroxylation is 1. The lowest BCUT2D eigenvalue weighted by atomic mass is 10.1. The van der Waals surface area contributed by atoms with Crippen LogP contribution in [-0.4, -0.2) is 57.5 Å². The summed E-state index contributed by atoms with van der Waals surface area (Å²) < 4.78 is 39.5. The molecule has 0 heterocycles. The van der Waals surface area contributed by atoms with Crippen LogP contribution in [0.1, 0.15) is 45.2 Å². The fourth-order valence-electron chi connectivity index (χ4n) is 4.41. The highest BCUT2D eigenvalue weighted by Crippen LogP contribution is 2.27. The number of nitrogens with zero attached hydrogens (tertiary/aromatic N) is 2. The van der Waals surface area contributed by atoms with Crippen molar-refractivity contribution in [2.75, 3.05) is 25.1 Å². The van der Waals surface area contributed by atoms with Gasteiger partial charge >= 0.3 is 0 Å². The second kappa shape index (κ2) is 13.7. The minimum absolute atomic E-state index is 0.0518. The van der Waals surface area contributed by atoms with Crippen molar-refractivity contribution < 1.29 is 27.5 Å². The maximum absolute atomic E-state index is 14.2. The molecule has 10 heteroatoms. The van der Waals surface area contributed by atoms with Crippen LogP contribution in [0.4, 0.5) is 5.69 Å². The molecule has 9 nitrogen and oxygen atoms in total. The molecule has 0 aliphatic heterocycles. The lowest BCUT2D eigenvalue weighted by molar-refractivity contribution is -0.141. The van der Waals surface area contributed by atoms with E-state index in [9.17, 15) is 18.0 Å². The quantitative estimate of drug-likeness (QED) is 0.318. The SMILES string of the molecule is CC[C@@H](C(=O)NC(C)(C)C)N(Cc1ccc(OC)cc1)C(=O)CN(c1ccc(OC)cc1)S(=O)(=O)c1ccc(C)cc1. The van der Waals surface area contributed by atoms with Crippen LogP contribution in [-0.2, 0) is 26.2 Å². The Kier molecular flexibility index (Phi) is 10.6. The number of anilines is 1. The molecule has 0 radical (unpaired) electrons. The van der Waals surface area contributed by atoms with Crippen molar-refractivity contribution in [3.63, 3.8) is 0 Å². The van der Waals surface area contributed by atoms with Crippen LogP contribution in [0.5, 0.6) is 11.5 Å². The van der Waals surface area contributed by atoms with E-state index in [0.29, 0.717) is 23.6 Å². The van der Waals surface area contributed by atoms with E-state index in [1.807, 2.05) is 46.8 Å². The van der Waals surface area contributed by atoms with E-state index in [2.05, 4.69) is 5.32 Å². The summed E-state index contributed by atoms with van der Waals surface area (Å²) in [5.41, 5.74) is 1.44. The predicted molar refractivity (Wildman–Crippen MR) is 164 cm³/mol. The first kappa shape index (κ1) is 32.5. The number of sulfonamides is 1. The minimum atomic E-state index is -4.15. The normalized spacial score (nSPS) is 12.3. The van der Waals surface area contributed by atoms with Gasteiger partial charge in [-0.1, -0.05) is 36.8 Å². The van der Waals surface area contributed by atoms with Gasteiger partial charge in [0.1, 0.15) is 24.1 Å². The smallest absolute Gasteiger partial charge is 0.264 e. The molecule has 0 unspecified atom stereocenters. The second-order valence-electron chi connectivity index (χ2n) is 11.1. The maximum atomic E-state index is 14.2. The molecule has 0 bridgehead atoms. The van der Waals surface area contributed by atoms with Gasteiger partial charge < -0.3 is 19.7 Å². The van der Waals surface area contributed by atoms with E-state index in [1.54, 1.807) is 55.6 Å². The number of carbonyl (C=O) groups excluding carboxylic acids is 2. The highest BCUT2D eigenvalue weighted by molar-refractivity contribution is 7.92. The Morgan fingerprint density at radius 2 is 1.38 bits per heavy atom. The predicted octanol–water partition coefficient (Wildman–Crippen LogP) is 4.93. The highest BCUT2D eigenvalue weighted by atomic mass is 32.2. The number of ether oxygens (including phenoxy) is 2. The van der Waals surface area contributed by atoms with Crippen molar-refractivity contribution in [3.05, 3.63) is 83.9 Å². The van der Waals surface area contributed by atoms with Crippen molar-refractivity contribution in [1.82, 2.24) is 10.2 Å². The number of hydrogen-bond acceptors (Lipinski definition) is 6. The van der Waals surface area contributed by atoms with Gasteiger partial charge in [-0.2, -0.15) is 0 Å². The molecular formula is C32H41N3O6S. The van der Waals surface area contributed by atoms with Gasteiger partial charge in [0.15, 0.2) is 0 Å². The Labute approximate surface area is 249 Å².